The molecule has 100 valence electrons. The predicted molar refractivity (Wildman–Crippen MR) is 66.1 cm³/mol. The van der Waals surface area contributed by atoms with E-state index in [9.17, 15) is 8.42 Å². The highest BCUT2D eigenvalue weighted by Gasteiger charge is 2.40. The quantitative estimate of drug-likeness (QED) is 0.783. The van der Waals surface area contributed by atoms with Crippen molar-refractivity contribution in [1.82, 2.24) is 4.31 Å². The first-order valence-electron chi connectivity index (χ1n) is 6.18. The molecule has 5 nitrogen and oxygen atoms in total. The summed E-state index contributed by atoms with van der Waals surface area (Å²) >= 11 is 0. The van der Waals surface area contributed by atoms with Gasteiger partial charge in [0.15, 0.2) is 0 Å². The highest BCUT2D eigenvalue weighted by atomic mass is 32.2. The van der Waals surface area contributed by atoms with Crippen LogP contribution in [-0.2, 0) is 14.8 Å². The summed E-state index contributed by atoms with van der Waals surface area (Å²) in [7, 11) is -3.14. The Hall–Kier alpha value is -0.170. The Kier molecular flexibility index (Phi) is 3.51. The van der Waals surface area contributed by atoms with E-state index in [0.717, 1.165) is 12.8 Å². The second-order valence-corrected chi connectivity index (χ2v) is 7.76. The fourth-order valence-corrected chi connectivity index (χ4v) is 4.31. The van der Waals surface area contributed by atoms with E-state index in [1.807, 2.05) is 13.8 Å². The lowest BCUT2D eigenvalue weighted by Crippen LogP contribution is -2.56. The SMILES string of the molecule is CC1(C)CN(S(=O)(=O)CC2CC2)CC(CN)O1. The van der Waals surface area contributed by atoms with Gasteiger partial charge in [0.05, 0.1) is 17.5 Å². The Balaban J connectivity index is 2.08. The summed E-state index contributed by atoms with van der Waals surface area (Å²) in [6, 6.07) is 0. The molecule has 2 rings (SSSR count). The first-order chi connectivity index (χ1) is 7.82. The minimum Gasteiger partial charge on any atom is -0.368 e. The summed E-state index contributed by atoms with van der Waals surface area (Å²) in [5, 5.41) is 0. The van der Waals surface area contributed by atoms with Gasteiger partial charge < -0.3 is 10.5 Å². The second-order valence-electron chi connectivity index (χ2n) is 5.75. The lowest BCUT2D eigenvalue weighted by atomic mass is 10.1. The zero-order valence-corrected chi connectivity index (χ0v) is 11.4. The summed E-state index contributed by atoms with van der Waals surface area (Å²) in [4.78, 5) is 0. The normalized spacial score (nSPS) is 30.4. The number of morpholine rings is 1. The molecule has 0 aromatic heterocycles. The van der Waals surface area contributed by atoms with Crippen LogP contribution in [0.2, 0.25) is 0 Å². The van der Waals surface area contributed by atoms with E-state index in [1.54, 1.807) is 4.31 Å². The standard InChI is InChI=1S/C11H22N2O3S/c1-11(2)8-13(6-10(5-12)16-11)17(14,15)7-9-3-4-9/h9-10H,3-8,12H2,1-2H3. The van der Waals surface area contributed by atoms with Gasteiger partial charge in [-0.1, -0.05) is 0 Å². The van der Waals surface area contributed by atoms with E-state index < -0.39 is 15.6 Å². The van der Waals surface area contributed by atoms with Crippen LogP contribution >= 0.6 is 0 Å². The third kappa shape index (κ3) is 3.40. The van der Waals surface area contributed by atoms with Gasteiger partial charge in [-0.3, -0.25) is 0 Å². The molecule has 1 aliphatic carbocycles. The number of hydrogen-bond donors (Lipinski definition) is 1. The Bertz CT molecular complexity index is 376. The second kappa shape index (κ2) is 4.50. The number of rotatable bonds is 4. The third-order valence-corrected chi connectivity index (χ3v) is 5.21. The van der Waals surface area contributed by atoms with Crippen molar-refractivity contribution in [3.05, 3.63) is 0 Å². The molecule has 17 heavy (non-hydrogen) atoms. The maximum Gasteiger partial charge on any atom is 0.214 e. The zero-order valence-electron chi connectivity index (χ0n) is 10.6. The topological polar surface area (TPSA) is 72.6 Å². The molecule has 0 bridgehead atoms. The van der Waals surface area contributed by atoms with Crippen LogP contribution in [0.4, 0.5) is 0 Å². The predicted octanol–water partition coefficient (Wildman–Crippen LogP) is 0.164. The molecule has 1 aliphatic heterocycles. The number of nitrogens with two attached hydrogens (primary N) is 1. The number of sulfonamides is 1. The average Bonchev–Trinajstić information content (AvgIpc) is 2.98. The molecule has 1 unspecified atom stereocenters. The molecule has 6 heteroatoms. The highest BCUT2D eigenvalue weighted by molar-refractivity contribution is 7.89. The summed E-state index contributed by atoms with van der Waals surface area (Å²) in [5.74, 6) is 0.669. The van der Waals surface area contributed by atoms with Crippen molar-refractivity contribution >= 4 is 10.0 Å². The summed E-state index contributed by atoms with van der Waals surface area (Å²) in [6.45, 7) is 5.01. The molecular formula is C11H22N2O3S. The summed E-state index contributed by atoms with van der Waals surface area (Å²) in [5.41, 5.74) is 5.15. The molecule has 0 radical (unpaired) electrons. The van der Waals surface area contributed by atoms with Crippen molar-refractivity contribution in [2.45, 2.75) is 38.4 Å². The van der Waals surface area contributed by atoms with Crippen LogP contribution in [0, 0.1) is 5.92 Å². The van der Waals surface area contributed by atoms with Gasteiger partial charge in [0.1, 0.15) is 0 Å². The van der Waals surface area contributed by atoms with Crippen molar-refractivity contribution in [3.8, 4) is 0 Å². The van der Waals surface area contributed by atoms with Gasteiger partial charge in [0, 0.05) is 19.6 Å². The number of nitrogens with zero attached hydrogens (tertiary/aromatic N) is 1. The van der Waals surface area contributed by atoms with Gasteiger partial charge >= 0.3 is 0 Å². The van der Waals surface area contributed by atoms with Gasteiger partial charge in [-0.25, -0.2) is 8.42 Å². The average molecular weight is 262 g/mol. The molecule has 2 aliphatic rings. The van der Waals surface area contributed by atoms with Crippen LogP contribution in [0.5, 0.6) is 0 Å². The van der Waals surface area contributed by atoms with E-state index in [1.165, 1.54) is 0 Å². The molecule has 1 atom stereocenters. The fourth-order valence-electron chi connectivity index (χ4n) is 2.26. The molecule has 0 spiro atoms. The first-order valence-corrected chi connectivity index (χ1v) is 7.79. The van der Waals surface area contributed by atoms with E-state index in [2.05, 4.69) is 0 Å². The van der Waals surface area contributed by atoms with Gasteiger partial charge in [-0.15, -0.1) is 0 Å². The lowest BCUT2D eigenvalue weighted by Gasteiger charge is -2.41. The molecule has 2 N–H and O–H groups in total. The van der Waals surface area contributed by atoms with Crippen molar-refractivity contribution in [2.24, 2.45) is 11.7 Å². The van der Waals surface area contributed by atoms with E-state index in [-0.39, 0.29) is 6.10 Å². The Morgan fingerprint density at radius 1 is 1.41 bits per heavy atom. The van der Waals surface area contributed by atoms with Crippen molar-refractivity contribution in [1.29, 1.82) is 0 Å². The molecule has 1 saturated heterocycles. The van der Waals surface area contributed by atoms with Crippen molar-refractivity contribution in [3.63, 3.8) is 0 Å². The monoisotopic (exact) mass is 262 g/mol. The summed E-state index contributed by atoms with van der Waals surface area (Å²) < 4.78 is 31.7. The maximum absolute atomic E-state index is 12.2. The van der Waals surface area contributed by atoms with E-state index >= 15 is 0 Å². The highest BCUT2D eigenvalue weighted by Crippen LogP contribution is 2.32. The van der Waals surface area contributed by atoms with Gasteiger partial charge in [-0.2, -0.15) is 4.31 Å². The van der Waals surface area contributed by atoms with Crippen LogP contribution in [0.15, 0.2) is 0 Å². The summed E-state index contributed by atoms with van der Waals surface area (Å²) in [6.07, 6.45) is 1.91. The Labute approximate surface area is 103 Å². The van der Waals surface area contributed by atoms with Gasteiger partial charge in [-0.05, 0) is 32.6 Å². The van der Waals surface area contributed by atoms with E-state index in [4.69, 9.17) is 10.5 Å². The molecule has 0 aromatic rings. The minimum absolute atomic E-state index is 0.187. The molecule has 0 amide bonds. The molecular weight excluding hydrogens is 240 g/mol. The maximum atomic E-state index is 12.2. The zero-order chi connectivity index (χ0) is 12.7. The van der Waals surface area contributed by atoms with Crippen LogP contribution in [0.3, 0.4) is 0 Å². The minimum atomic E-state index is -3.14. The first kappa shape index (κ1) is 13.3. The van der Waals surface area contributed by atoms with Crippen LogP contribution in [0.1, 0.15) is 26.7 Å². The van der Waals surface area contributed by atoms with Crippen LogP contribution in [0.25, 0.3) is 0 Å². The molecule has 1 heterocycles. The van der Waals surface area contributed by atoms with Crippen molar-refractivity contribution in [2.75, 3.05) is 25.4 Å². The molecule has 0 aromatic carbocycles. The van der Waals surface area contributed by atoms with Gasteiger partial charge in [0.25, 0.3) is 0 Å². The Morgan fingerprint density at radius 3 is 2.59 bits per heavy atom. The molecule has 2 fully saturated rings. The molecule has 1 saturated carbocycles. The van der Waals surface area contributed by atoms with Gasteiger partial charge in [0.2, 0.25) is 10.0 Å². The van der Waals surface area contributed by atoms with E-state index in [0.29, 0.717) is 31.3 Å². The fraction of sp³-hybridized carbons (Fsp3) is 1.00. The third-order valence-electron chi connectivity index (χ3n) is 3.25. The largest absolute Gasteiger partial charge is 0.368 e. The lowest BCUT2D eigenvalue weighted by molar-refractivity contribution is -0.112. The number of hydrogen-bond acceptors (Lipinski definition) is 4. The van der Waals surface area contributed by atoms with Crippen molar-refractivity contribution < 1.29 is 13.2 Å². The van der Waals surface area contributed by atoms with Crippen LogP contribution in [-0.4, -0.2) is 49.8 Å². The number of ether oxygens (including phenoxy) is 1. The van der Waals surface area contributed by atoms with Crippen LogP contribution < -0.4 is 5.73 Å². The Morgan fingerprint density at radius 2 is 2.06 bits per heavy atom. The smallest absolute Gasteiger partial charge is 0.214 e.